The van der Waals surface area contributed by atoms with Crippen LogP contribution in [0.25, 0.3) is 0 Å². The second-order valence-electron chi connectivity index (χ2n) is 8.27. The first-order chi connectivity index (χ1) is 16.7. The fourth-order valence-electron chi connectivity index (χ4n) is 4.13. The van der Waals surface area contributed by atoms with E-state index in [1.54, 1.807) is 24.3 Å². The van der Waals surface area contributed by atoms with Gasteiger partial charge in [-0.05, 0) is 79.9 Å². The molecule has 1 aromatic heterocycles. The standard InChI is InChI=1S/C25H24ClFN2O5S/c1-16-15-18(6-10-21(16)26)34-14-12-22-20(25(30)31)9-11-23(28-22)24-3-2-13-29(24)35(32,33)19-7-4-17(27)5-8-19/h4-11,15,24H,2-3,12-14H2,1H3,(H,30,31). The summed E-state index contributed by atoms with van der Waals surface area (Å²) in [6.07, 6.45) is 1.39. The summed E-state index contributed by atoms with van der Waals surface area (Å²) in [6, 6.07) is 12.4. The van der Waals surface area contributed by atoms with Gasteiger partial charge in [-0.1, -0.05) is 11.6 Å². The van der Waals surface area contributed by atoms with Crippen LogP contribution >= 0.6 is 11.6 Å². The van der Waals surface area contributed by atoms with Gasteiger partial charge in [0.25, 0.3) is 0 Å². The summed E-state index contributed by atoms with van der Waals surface area (Å²) in [7, 11) is -3.88. The molecular formula is C25H24ClFN2O5S. The third-order valence-electron chi connectivity index (χ3n) is 5.93. The van der Waals surface area contributed by atoms with Crippen LogP contribution in [0.2, 0.25) is 5.02 Å². The molecule has 1 saturated heterocycles. The number of hydrogen-bond donors (Lipinski definition) is 1. The van der Waals surface area contributed by atoms with Gasteiger partial charge in [0, 0.05) is 18.0 Å². The molecule has 1 fully saturated rings. The Labute approximate surface area is 208 Å². The highest BCUT2D eigenvalue weighted by molar-refractivity contribution is 7.89. The largest absolute Gasteiger partial charge is 0.493 e. The summed E-state index contributed by atoms with van der Waals surface area (Å²) >= 11 is 6.04. The SMILES string of the molecule is Cc1cc(OCCc2nc(C3CCCN3S(=O)(=O)c3ccc(F)cc3)ccc2C(=O)O)ccc1Cl. The third-order valence-corrected chi connectivity index (χ3v) is 8.27. The summed E-state index contributed by atoms with van der Waals surface area (Å²) in [5, 5.41) is 10.2. The Bertz CT molecular complexity index is 1350. The zero-order valence-corrected chi connectivity index (χ0v) is 20.5. The number of hydrogen-bond acceptors (Lipinski definition) is 5. The summed E-state index contributed by atoms with van der Waals surface area (Å²) in [5.41, 5.74) is 1.68. The van der Waals surface area contributed by atoms with Crippen molar-refractivity contribution in [1.29, 1.82) is 0 Å². The first kappa shape index (κ1) is 25.1. The highest BCUT2D eigenvalue weighted by atomic mass is 35.5. The van der Waals surface area contributed by atoms with Crippen molar-refractivity contribution in [3.05, 3.63) is 88.0 Å². The van der Waals surface area contributed by atoms with Crippen molar-refractivity contribution < 1.29 is 27.4 Å². The van der Waals surface area contributed by atoms with Gasteiger partial charge >= 0.3 is 5.97 Å². The van der Waals surface area contributed by atoms with Crippen molar-refractivity contribution in [3.63, 3.8) is 0 Å². The van der Waals surface area contributed by atoms with E-state index in [1.807, 2.05) is 6.92 Å². The number of halogens is 2. The molecule has 7 nitrogen and oxygen atoms in total. The minimum atomic E-state index is -3.88. The number of aromatic carboxylic acids is 1. The Morgan fingerprint density at radius 3 is 2.63 bits per heavy atom. The third kappa shape index (κ3) is 5.47. The molecule has 184 valence electrons. The van der Waals surface area contributed by atoms with Crippen LogP contribution in [0, 0.1) is 12.7 Å². The van der Waals surface area contributed by atoms with Crippen molar-refractivity contribution in [1.82, 2.24) is 9.29 Å². The molecule has 2 aromatic carbocycles. The lowest BCUT2D eigenvalue weighted by Crippen LogP contribution is -2.31. The van der Waals surface area contributed by atoms with Crippen molar-refractivity contribution in [2.24, 2.45) is 0 Å². The molecule has 10 heteroatoms. The van der Waals surface area contributed by atoms with Crippen LogP contribution in [0.15, 0.2) is 59.5 Å². The minimum Gasteiger partial charge on any atom is -0.493 e. The van der Waals surface area contributed by atoms with Gasteiger partial charge in [0.1, 0.15) is 11.6 Å². The summed E-state index contributed by atoms with van der Waals surface area (Å²) in [4.78, 5) is 16.3. The average molecular weight is 519 g/mol. The lowest BCUT2D eigenvalue weighted by atomic mass is 10.1. The van der Waals surface area contributed by atoms with Crippen molar-refractivity contribution >= 4 is 27.6 Å². The van der Waals surface area contributed by atoms with Crippen LogP contribution in [0.4, 0.5) is 4.39 Å². The molecule has 0 spiro atoms. The Morgan fingerprint density at radius 1 is 1.20 bits per heavy atom. The first-order valence-electron chi connectivity index (χ1n) is 11.1. The summed E-state index contributed by atoms with van der Waals surface area (Å²) < 4.78 is 46.9. The van der Waals surface area contributed by atoms with E-state index in [0.717, 1.165) is 17.7 Å². The number of nitrogens with zero attached hydrogens (tertiary/aromatic N) is 2. The maximum Gasteiger partial charge on any atom is 0.337 e. The van der Waals surface area contributed by atoms with Crippen LogP contribution in [0.1, 0.15) is 46.2 Å². The normalized spacial score (nSPS) is 16.4. The second-order valence-corrected chi connectivity index (χ2v) is 10.6. The van der Waals surface area contributed by atoms with Gasteiger partial charge < -0.3 is 9.84 Å². The van der Waals surface area contributed by atoms with E-state index in [0.29, 0.717) is 41.5 Å². The van der Waals surface area contributed by atoms with Crippen molar-refractivity contribution in [3.8, 4) is 5.75 Å². The second kappa shape index (κ2) is 10.3. The van der Waals surface area contributed by atoms with E-state index in [4.69, 9.17) is 16.3 Å². The summed E-state index contributed by atoms with van der Waals surface area (Å²) in [6.45, 7) is 2.33. The molecule has 0 radical (unpaired) electrons. The van der Waals surface area contributed by atoms with Gasteiger partial charge in [0.15, 0.2) is 0 Å². The molecular weight excluding hydrogens is 495 g/mol. The van der Waals surface area contributed by atoms with E-state index in [-0.39, 0.29) is 23.5 Å². The van der Waals surface area contributed by atoms with E-state index >= 15 is 0 Å². The molecule has 4 rings (SSSR count). The lowest BCUT2D eigenvalue weighted by molar-refractivity contribution is 0.0694. The maximum absolute atomic E-state index is 13.3. The van der Waals surface area contributed by atoms with Crippen LogP contribution in [-0.4, -0.2) is 41.9 Å². The smallest absolute Gasteiger partial charge is 0.337 e. The molecule has 1 atom stereocenters. The van der Waals surface area contributed by atoms with E-state index < -0.39 is 27.9 Å². The zero-order chi connectivity index (χ0) is 25.2. The predicted molar refractivity (Wildman–Crippen MR) is 129 cm³/mol. The first-order valence-corrected chi connectivity index (χ1v) is 12.9. The molecule has 3 aromatic rings. The van der Waals surface area contributed by atoms with Crippen LogP contribution in [-0.2, 0) is 16.4 Å². The minimum absolute atomic E-state index is 0.000150. The quantitative estimate of drug-likeness (QED) is 0.449. The molecule has 2 heterocycles. The van der Waals surface area contributed by atoms with Gasteiger partial charge in [-0.2, -0.15) is 4.31 Å². The molecule has 1 N–H and O–H groups in total. The molecule has 0 aliphatic carbocycles. The Balaban J connectivity index is 1.57. The number of sulfonamides is 1. The van der Waals surface area contributed by atoms with Crippen molar-refractivity contribution in [2.45, 2.75) is 37.1 Å². The highest BCUT2D eigenvalue weighted by Gasteiger charge is 2.37. The number of carboxylic acids is 1. The average Bonchev–Trinajstić information content (AvgIpc) is 3.32. The molecule has 1 aliphatic heterocycles. The molecule has 0 saturated carbocycles. The number of ether oxygens (including phenoxy) is 1. The topological polar surface area (TPSA) is 96.8 Å². The number of benzene rings is 2. The van der Waals surface area contributed by atoms with Gasteiger partial charge in [0.05, 0.1) is 34.5 Å². The number of aryl methyl sites for hydroxylation is 1. The fourth-order valence-corrected chi connectivity index (χ4v) is 5.91. The monoisotopic (exact) mass is 518 g/mol. The number of carbonyl (C=O) groups is 1. The molecule has 0 amide bonds. The molecule has 1 aliphatic rings. The van der Waals surface area contributed by atoms with Crippen LogP contribution < -0.4 is 4.74 Å². The highest BCUT2D eigenvalue weighted by Crippen LogP contribution is 2.36. The van der Waals surface area contributed by atoms with E-state index in [1.165, 1.54) is 22.5 Å². The van der Waals surface area contributed by atoms with Crippen LogP contribution in [0.3, 0.4) is 0 Å². The molecule has 0 bridgehead atoms. The summed E-state index contributed by atoms with van der Waals surface area (Å²) in [5.74, 6) is -1.04. The number of rotatable bonds is 8. The number of aromatic nitrogens is 1. The van der Waals surface area contributed by atoms with E-state index in [9.17, 15) is 22.7 Å². The number of carboxylic acid groups (broad SMARTS) is 1. The van der Waals surface area contributed by atoms with E-state index in [2.05, 4.69) is 4.98 Å². The van der Waals surface area contributed by atoms with Crippen LogP contribution in [0.5, 0.6) is 5.75 Å². The number of pyridine rings is 1. The Morgan fingerprint density at radius 2 is 1.94 bits per heavy atom. The maximum atomic E-state index is 13.3. The Kier molecular flexibility index (Phi) is 7.39. The molecule has 35 heavy (non-hydrogen) atoms. The molecule has 1 unspecified atom stereocenters. The van der Waals surface area contributed by atoms with Gasteiger partial charge in [-0.25, -0.2) is 17.6 Å². The van der Waals surface area contributed by atoms with Gasteiger partial charge in [0.2, 0.25) is 10.0 Å². The fraction of sp³-hybridized carbons (Fsp3) is 0.280. The van der Waals surface area contributed by atoms with Gasteiger partial charge in [-0.15, -0.1) is 0 Å². The van der Waals surface area contributed by atoms with Gasteiger partial charge in [-0.3, -0.25) is 4.98 Å². The van der Waals surface area contributed by atoms with Crippen molar-refractivity contribution in [2.75, 3.05) is 13.2 Å². The Hall–Kier alpha value is -3.01. The predicted octanol–water partition coefficient (Wildman–Crippen LogP) is 5.03. The lowest BCUT2D eigenvalue weighted by Gasteiger charge is -2.24. The zero-order valence-electron chi connectivity index (χ0n) is 18.9.